The second-order valence-electron chi connectivity index (χ2n) is 6.26. The molecule has 2 aromatic rings. The van der Waals surface area contributed by atoms with Crippen molar-refractivity contribution in [3.63, 3.8) is 0 Å². The first kappa shape index (κ1) is 19.1. The quantitative estimate of drug-likeness (QED) is 0.359. The van der Waals surface area contributed by atoms with Gasteiger partial charge in [0.2, 0.25) is 0 Å². The van der Waals surface area contributed by atoms with E-state index >= 15 is 0 Å². The van der Waals surface area contributed by atoms with Gasteiger partial charge in [-0.2, -0.15) is 0 Å². The van der Waals surface area contributed by atoms with Crippen LogP contribution < -0.4 is 21.9 Å². The van der Waals surface area contributed by atoms with Crippen LogP contribution in [0.2, 0.25) is 0 Å². The minimum atomic E-state index is -0.793. The maximum absolute atomic E-state index is 5.95. The molecule has 7 heteroatoms. The third-order valence-corrected chi connectivity index (χ3v) is 4.11. The summed E-state index contributed by atoms with van der Waals surface area (Å²) in [6, 6.07) is 1.77. The van der Waals surface area contributed by atoms with Crippen molar-refractivity contribution in [3.05, 3.63) is 23.7 Å². The number of rotatable bonds is 9. The fourth-order valence-electron chi connectivity index (χ4n) is 2.47. The summed E-state index contributed by atoms with van der Waals surface area (Å²) in [5.41, 5.74) is 20.4. The van der Waals surface area contributed by atoms with Gasteiger partial charge in [-0.25, -0.2) is 4.98 Å². The van der Waals surface area contributed by atoms with Crippen LogP contribution in [0, 0.1) is 26.2 Å². The Bertz CT molecular complexity index is 761. The summed E-state index contributed by atoms with van der Waals surface area (Å²) in [6.07, 6.45) is 8.73. The van der Waals surface area contributed by atoms with Gasteiger partial charge in [-0.05, 0) is 20.3 Å². The molecule has 0 fully saturated rings. The molecule has 0 saturated carbocycles. The van der Waals surface area contributed by atoms with E-state index in [0.717, 1.165) is 17.0 Å². The molecule has 0 aliphatic heterocycles. The van der Waals surface area contributed by atoms with Crippen molar-refractivity contribution in [3.8, 4) is 18.1 Å². The zero-order valence-electron chi connectivity index (χ0n) is 14.9. The molecule has 2 rings (SSSR count). The number of hydrogen-bond acceptors (Lipinski definition) is 6. The van der Waals surface area contributed by atoms with Crippen molar-refractivity contribution in [1.82, 2.24) is 9.38 Å². The molecule has 6 N–H and O–H groups in total. The Labute approximate surface area is 148 Å². The lowest BCUT2D eigenvalue weighted by molar-refractivity contribution is 0.0860. The molecule has 7 nitrogen and oxygen atoms in total. The molecule has 25 heavy (non-hydrogen) atoms. The van der Waals surface area contributed by atoms with Crippen LogP contribution in [0.25, 0.3) is 5.65 Å². The summed E-state index contributed by atoms with van der Waals surface area (Å²) in [5, 5.41) is 0. The van der Waals surface area contributed by atoms with E-state index in [0.29, 0.717) is 50.5 Å². The highest BCUT2D eigenvalue weighted by atomic mass is 16.5. The van der Waals surface area contributed by atoms with Crippen molar-refractivity contribution >= 4 is 11.3 Å². The summed E-state index contributed by atoms with van der Waals surface area (Å²) >= 11 is 0. The van der Waals surface area contributed by atoms with Gasteiger partial charge < -0.3 is 26.7 Å². The zero-order chi connectivity index (χ0) is 18.4. The first-order valence-corrected chi connectivity index (χ1v) is 8.30. The van der Waals surface area contributed by atoms with Crippen LogP contribution in [0.3, 0.4) is 0 Å². The first-order valence-electron chi connectivity index (χ1n) is 8.30. The molecule has 0 saturated heterocycles. The van der Waals surface area contributed by atoms with Crippen LogP contribution in [0.15, 0.2) is 12.3 Å². The molecule has 0 unspecified atom stereocenters. The molecule has 2 aromatic heterocycles. The molecule has 2 heterocycles. The summed E-state index contributed by atoms with van der Waals surface area (Å²) in [6.45, 7) is 5.21. The number of nitrogen functional groups attached to an aromatic ring is 1. The van der Waals surface area contributed by atoms with Gasteiger partial charge in [-0.1, -0.05) is 0 Å². The van der Waals surface area contributed by atoms with Gasteiger partial charge in [-0.3, -0.25) is 4.40 Å². The van der Waals surface area contributed by atoms with Crippen molar-refractivity contribution < 1.29 is 9.47 Å². The lowest BCUT2D eigenvalue weighted by Crippen LogP contribution is -2.50. The SMILES string of the molecule is C#CCCC(N)(N)CCOCCOc1cc(N)cn2c(C)c(C)nc12. The maximum Gasteiger partial charge on any atom is 0.180 e. The van der Waals surface area contributed by atoms with Crippen LogP contribution in [-0.4, -0.2) is 34.9 Å². The highest BCUT2D eigenvalue weighted by Gasteiger charge is 2.17. The molecule has 0 bridgehead atoms. The third kappa shape index (κ3) is 5.10. The Hall–Kier alpha value is -2.27. The average molecular weight is 345 g/mol. The number of fused-ring (bicyclic) bond motifs is 1. The molecule has 0 aromatic carbocycles. The highest BCUT2D eigenvalue weighted by Crippen LogP contribution is 2.24. The second kappa shape index (κ2) is 8.21. The maximum atomic E-state index is 5.95. The van der Waals surface area contributed by atoms with E-state index in [1.165, 1.54) is 0 Å². The minimum absolute atomic E-state index is 0.385. The Balaban J connectivity index is 1.82. The molecule has 0 spiro atoms. The molecule has 0 radical (unpaired) electrons. The number of ether oxygens (including phenoxy) is 2. The third-order valence-electron chi connectivity index (χ3n) is 4.11. The van der Waals surface area contributed by atoms with Crippen molar-refractivity contribution in [1.29, 1.82) is 0 Å². The monoisotopic (exact) mass is 345 g/mol. The van der Waals surface area contributed by atoms with Gasteiger partial charge >= 0.3 is 0 Å². The molecule has 0 amide bonds. The molecular formula is C18H27N5O2. The lowest BCUT2D eigenvalue weighted by Gasteiger charge is -2.23. The van der Waals surface area contributed by atoms with E-state index < -0.39 is 5.66 Å². The Morgan fingerprint density at radius 2 is 2.00 bits per heavy atom. The Morgan fingerprint density at radius 1 is 1.24 bits per heavy atom. The van der Waals surface area contributed by atoms with Crippen molar-refractivity contribution in [2.45, 2.75) is 38.8 Å². The van der Waals surface area contributed by atoms with Crippen LogP contribution in [-0.2, 0) is 4.74 Å². The number of aryl methyl sites for hydroxylation is 2. The van der Waals surface area contributed by atoms with Crippen LogP contribution in [0.5, 0.6) is 5.75 Å². The van der Waals surface area contributed by atoms with Crippen LogP contribution >= 0.6 is 0 Å². The molecule has 0 aliphatic rings. The number of imidazole rings is 1. The lowest BCUT2D eigenvalue weighted by atomic mass is 10.0. The zero-order valence-corrected chi connectivity index (χ0v) is 14.9. The highest BCUT2D eigenvalue weighted by molar-refractivity contribution is 5.61. The summed E-state index contributed by atoms with van der Waals surface area (Å²) in [5.74, 6) is 3.18. The molecular weight excluding hydrogens is 318 g/mol. The predicted octanol–water partition coefficient (Wildman–Crippen LogP) is 1.35. The summed E-state index contributed by atoms with van der Waals surface area (Å²) in [4.78, 5) is 4.52. The van der Waals surface area contributed by atoms with Gasteiger partial charge in [-0.15, -0.1) is 12.3 Å². The minimum Gasteiger partial charge on any atom is -0.487 e. The number of terminal acetylenes is 1. The topological polar surface area (TPSA) is 114 Å². The Kier molecular flexibility index (Phi) is 6.26. The average Bonchev–Trinajstić information content (AvgIpc) is 2.84. The van der Waals surface area contributed by atoms with Crippen LogP contribution in [0.4, 0.5) is 5.69 Å². The number of nitrogens with two attached hydrogens (primary N) is 3. The number of hydrogen-bond donors (Lipinski definition) is 3. The fraction of sp³-hybridized carbons (Fsp3) is 0.500. The number of aromatic nitrogens is 2. The van der Waals surface area contributed by atoms with Gasteiger partial charge in [0.05, 0.1) is 23.7 Å². The second-order valence-corrected chi connectivity index (χ2v) is 6.26. The van der Waals surface area contributed by atoms with Crippen molar-refractivity contribution in [2.75, 3.05) is 25.6 Å². The normalized spacial score (nSPS) is 11.6. The predicted molar refractivity (Wildman–Crippen MR) is 99.2 cm³/mol. The number of anilines is 1. The smallest absolute Gasteiger partial charge is 0.180 e. The molecule has 0 atom stereocenters. The summed E-state index contributed by atoms with van der Waals surface area (Å²) < 4.78 is 13.3. The first-order chi connectivity index (χ1) is 11.8. The largest absolute Gasteiger partial charge is 0.487 e. The van der Waals surface area contributed by atoms with Gasteiger partial charge in [0.15, 0.2) is 11.4 Å². The van der Waals surface area contributed by atoms with Crippen LogP contribution in [0.1, 0.15) is 30.7 Å². The molecule has 0 aliphatic carbocycles. The standard InChI is InChI=1S/C18H27N5O2/c1-4-5-6-18(20,21)7-8-24-9-10-25-16-11-15(19)12-23-14(3)13(2)22-17(16)23/h1,11-12H,5-10,19-21H2,2-3H3. The van der Waals surface area contributed by atoms with E-state index in [4.69, 9.17) is 33.1 Å². The van der Waals surface area contributed by atoms with E-state index in [2.05, 4.69) is 10.9 Å². The van der Waals surface area contributed by atoms with E-state index in [-0.39, 0.29) is 0 Å². The number of pyridine rings is 1. The van der Waals surface area contributed by atoms with Gasteiger partial charge in [0.25, 0.3) is 0 Å². The van der Waals surface area contributed by atoms with E-state index in [1.54, 1.807) is 6.07 Å². The molecule has 136 valence electrons. The van der Waals surface area contributed by atoms with Crippen molar-refractivity contribution in [2.24, 2.45) is 11.5 Å². The van der Waals surface area contributed by atoms with Gasteiger partial charge in [0, 0.05) is 37.4 Å². The van der Waals surface area contributed by atoms with Gasteiger partial charge in [0.1, 0.15) is 6.61 Å². The van der Waals surface area contributed by atoms with E-state index in [9.17, 15) is 0 Å². The fourth-order valence-corrected chi connectivity index (χ4v) is 2.47. The van der Waals surface area contributed by atoms with E-state index in [1.807, 2.05) is 24.4 Å². The Morgan fingerprint density at radius 3 is 2.72 bits per heavy atom. The summed E-state index contributed by atoms with van der Waals surface area (Å²) in [7, 11) is 0. The number of nitrogens with zero attached hydrogens (tertiary/aromatic N) is 2.